The molecule has 0 radical (unpaired) electrons. The van der Waals surface area contributed by atoms with Gasteiger partial charge >= 0.3 is 37.7 Å². The molecule has 0 atom stereocenters. The van der Waals surface area contributed by atoms with Gasteiger partial charge in [-0.1, -0.05) is 78.1 Å². The summed E-state index contributed by atoms with van der Waals surface area (Å²) in [5, 5.41) is 0. The summed E-state index contributed by atoms with van der Waals surface area (Å²) in [4.78, 5) is 25.8. The fourth-order valence-corrected chi connectivity index (χ4v) is 4.24. The minimum Gasteiger partial charge on any atom is -0.748 e. The van der Waals surface area contributed by atoms with Crippen LogP contribution in [0.1, 0.15) is 104 Å². The fourth-order valence-electron chi connectivity index (χ4n) is 3.24. The van der Waals surface area contributed by atoms with Crippen LogP contribution in [0.15, 0.2) is 0 Å². The zero-order valence-electron chi connectivity index (χ0n) is 23.4. The molecule has 0 aromatic carbocycles. The molecule has 0 saturated heterocycles. The summed E-state index contributed by atoms with van der Waals surface area (Å²) < 4.78 is 62.6. The molecule has 0 N–H and O–H groups in total. The van der Waals surface area contributed by atoms with Crippen molar-refractivity contribution in [2.24, 2.45) is 0 Å². The number of carbonyl (C=O) groups is 2. The molecular formula is C24H48CaN2O8S2. The molecule has 0 unspecified atom stereocenters. The standard InChI is InChI=1S/2C12H25NO4S.Ca/c2*1-3-4-5-6-7-8-9-12(14)13(2)10-11-18(15,16)17;/h2*3-11H2,1-2H3,(H,15,16,17);/q;;+2/p-2. The van der Waals surface area contributed by atoms with Crippen molar-refractivity contribution < 1.29 is 35.5 Å². The van der Waals surface area contributed by atoms with Crippen molar-refractivity contribution in [1.29, 1.82) is 0 Å². The number of unbranched alkanes of at least 4 members (excludes halogenated alkanes) is 10. The van der Waals surface area contributed by atoms with Crippen molar-refractivity contribution in [2.75, 3.05) is 38.7 Å². The Labute approximate surface area is 255 Å². The van der Waals surface area contributed by atoms with Gasteiger partial charge in [0.25, 0.3) is 0 Å². The van der Waals surface area contributed by atoms with Crippen LogP contribution in [0.4, 0.5) is 0 Å². The van der Waals surface area contributed by atoms with Gasteiger partial charge in [-0.25, -0.2) is 16.8 Å². The van der Waals surface area contributed by atoms with Gasteiger partial charge in [-0.3, -0.25) is 9.59 Å². The van der Waals surface area contributed by atoms with Crippen molar-refractivity contribution >= 4 is 69.8 Å². The van der Waals surface area contributed by atoms with Gasteiger partial charge in [0.15, 0.2) is 0 Å². The van der Waals surface area contributed by atoms with Crippen LogP contribution in [0.5, 0.6) is 0 Å². The van der Waals surface area contributed by atoms with Crippen LogP contribution in [0.2, 0.25) is 0 Å². The summed E-state index contributed by atoms with van der Waals surface area (Å²) in [5.74, 6) is -1.19. The molecule has 0 heterocycles. The molecule has 2 amide bonds. The second-order valence-electron chi connectivity index (χ2n) is 9.19. The van der Waals surface area contributed by atoms with E-state index in [-0.39, 0.29) is 62.6 Å². The molecule has 0 aromatic heterocycles. The Morgan fingerprint density at radius 1 is 0.568 bits per heavy atom. The van der Waals surface area contributed by atoms with E-state index < -0.39 is 31.7 Å². The minimum absolute atomic E-state index is 0. The summed E-state index contributed by atoms with van der Waals surface area (Å²) in [6, 6.07) is 0. The van der Waals surface area contributed by atoms with Gasteiger partial charge in [0.05, 0.1) is 31.7 Å². The first-order valence-corrected chi connectivity index (χ1v) is 16.2. The predicted molar refractivity (Wildman–Crippen MR) is 146 cm³/mol. The summed E-state index contributed by atoms with van der Waals surface area (Å²) in [5.41, 5.74) is 0. The summed E-state index contributed by atoms with van der Waals surface area (Å²) in [6.45, 7) is 4.28. The fraction of sp³-hybridized carbons (Fsp3) is 0.917. The van der Waals surface area contributed by atoms with Crippen molar-refractivity contribution in [2.45, 2.75) is 104 Å². The van der Waals surface area contributed by atoms with E-state index in [9.17, 15) is 35.5 Å². The number of carbonyl (C=O) groups excluding carboxylic acids is 2. The van der Waals surface area contributed by atoms with E-state index in [1.54, 1.807) is 0 Å². The Hall–Kier alpha value is 0.0197. The monoisotopic (exact) mass is 596 g/mol. The van der Waals surface area contributed by atoms with E-state index in [1.807, 2.05) is 0 Å². The third-order valence-electron chi connectivity index (χ3n) is 5.69. The van der Waals surface area contributed by atoms with Crippen molar-refractivity contribution in [3.63, 3.8) is 0 Å². The average Bonchev–Trinajstić information content (AvgIpc) is 2.79. The zero-order valence-corrected chi connectivity index (χ0v) is 27.3. The van der Waals surface area contributed by atoms with Gasteiger partial charge in [-0.15, -0.1) is 0 Å². The van der Waals surface area contributed by atoms with Gasteiger partial charge < -0.3 is 18.9 Å². The quantitative estimate of drug-likeness (QED) is 0.118. The van der Waals surface area contributed by atoms with E-state index in [1.165, 1.54) is 62.4 Å². The normalized spacial score (nSPS) is 11.2. The van der Waals surface area contributed by atoms with E-state index in [2.05, 4.69) is 13.8 Å². The molecule has 37 heavy (non-hydrogen) atoms. The molecular weight excluding hydrogens is 548 g/mol. The molecule has 13 heteroatoms. The predicted octanol–water partition coefficient (Wildman–Crippen LogP) is 3.10. The maximum absolute atomic E-state index is 11.6. The Kier molecular flexibility index (Phi) is 28.1. The molecule has 0 aliphatic carbocycles. The van der Waals surface area contributed by atoms with Crippen LogP contribution in [-0.4, -0.2) is 124 Å². The number of rotatable bonds is 20. The van der Waals surface area contributed by atoms with Gasteiger partial charge in [-0.05, 0) is 12.8 Å². The van der Waals surface area contributed by atoms with Crippen LogP contribution in [0, 0.1) is 0 Å². The van der Waals surface area contributed by atoms with E-state index in [0.717, 1.165) is 38.5 Å². The van der Waals surface area contributed by atoms with Crippen LogP contribution < -0.4 is 0 Å². The number of nitrogens with zero attached hydrogens (tertiary/aromatic N) is 2. The van der Waals surface area contributed by atoms with E-state index in [4.69, 9.17) is 0 Å². The number of hydrogen-bond donors (Lipinski definition) is 0. The molecule has 0 aromatic rings. The van der Waals surface area contributed by atoms with Crippen LogP contribution in [0.3, 0.4) is 0 Å². The zero-order chi connectivity index (χ0) is 28.0. The van der Waals surface area contributed by atoms with Crippen LogP contribution >= 0.6 is 0 Å². The summed E-state index contributed by atoms with van der Waals surface area (Å²) >= 11 is 0. The number of hydrogen-bond acceptors (Lipinski definition) is 8. The second kappa shape index (κ2) is 25.0. The molecule has 216 valence electrons. The Balaban J connectivity index is -0.000000608. The van der Waals surface area contributed by atoms with Gasteiger partial charge in [0.2, 0.25) is 11.8 Å². The molecule has 0 aliphatic heterocycles. The van der Waals surface area contributed by atoms with Gasteiger partial charge in [0, 0.05) is 40.0 Å². The average molecular weight is 597 g/mol. The summed E-state index contributed by atoms with van der Waals surface area (Å²) in [7, 11) is -5.40. The Morgan fingerprint density at radius 3 is 1.11 bits per heavy atom. The van der Waals surface area contributed by atoms with Crippen molar-refractivity contribution in [3.8, 4) is 0 Å². The number of amides is 2. The third-order valence-corrected chi connectivity index (χ3v) is 7.06. The van der Waals surface area contributed by atoms with E-state index in [0.29, 0.717) is 12.8 Å². The summed E-state index contributed by atoms with van der Waals surface area (Å²) in [6.07, 6.45) is 14.1. The van der Waals surface area contributed by atoms with Crippen molar-refractivity contribution in [1.82, 2.24) is 9.80 Å². The first-order valence-electron chi connectivity index (χ1n) is 13.1. The molecule has 0 rings (SSSR count). The van der Waals surface area contributed by atoms with Gasteiger partial charge in [0.1, 0.15) is 0 Å². The molecule has 0 spiro atoms. The first kappa shape index (κ1) is 41.5. The first-order chi connectivity index (χ1) is 16.7. The van der Waals surface area contributed by atoms with Crippen LogP contribution in [0.25, 0.3) is 0 Å². The molecule has 10 nitrogen and oxygen atoms in total. The van der Waals surface area contributed by atoms with Crippen molar-refractivity contribution in [3.05, 3.63) is 0 Å². The Bertz CT molecular complexity index is 727. The van der Waals surface area contributed by atoms with Crippen LogP contribution in [-0.2, 0) is 29.8 Å². The molecule has 0 aliphatic rings. The van der Waals surface area contributed by atoms with Gasteiger partial charge in [-0.2, -0.15) is 0 Å². The molecule has 0 saturated carbocycles. The molecule has 0 fully saturated rings. The second-order valence-corrected chi connectivity index (χ2v) is 12.2. The largest absolute Gasteiger partial charge is 2.00 e. The smallest absolute Gasteiger partial charge is 0.748 e. The van der Waals surface area contributed by atoms with E-state index >= 15 is 0 Å². The third kappa shape index (κ3) is 32.1. The maximum Gasteiger partial charge on any atom is 2.00 e. The molecule has 0 bridgehead atoms. The maximum atomic E-state index is 11.6. The SMILES string of the molecule is CCCCCCCCC(=O)N(C)CCS(=O)(=O)[O-].CCCCCCCCC(=O)N(C)CCS(=O)(=O)[O-].[Ca+2]. The topological polar surface area (TPSA) is 155 Å². The minimum atomic E-state index is -4.23. The Morgan fingerprint density at radius 2 is 0.838 bits per heavy atom.